The number of thiophene rings is 1. The highest BCUT2D eigenvalue weighted by Crippen LogP contribution is 2.15. The average Bonchev–Trinajstić information content (AvgIpc) is 3.04. The molecule has 2 aromatic heterocycles. The standard InChI is InChI=1S/C12H11N3OS2/c13-5-1-2-9-3-4-11(18-9)12(16)15-7-10-6-14-8-17-10/h3-4,6,8H,5,7,13H2,(H,15,16). The SMILES string of the molecule is NCC#Cc1ccc(C(=O)NCc2cncs2)s1. The quantitative estimate of drug-likeness (QED) is 0.834. The summed E-state index contributed by atoms with van der Waals surface area (Å²) in [7, 11) is 0. The van der Waals surface area contributed by atoms with Gasteiger partial charge in [-0.05, 0) is 12.1 Å². The fourth-order valence-corrected chi connectivity index (χ4v) is 2.58. The molecule has 2 heterocycles. The van der Waals surface area contributed by atoms with E-state index in [1.165, 1.54) is 22.7 Å². The first-order valence-electron chi connectivity index (χ1n) is 5.24. The maximum atomic E-state index is 11.8. The van der Waals surface area contributed by atoms with Crippen LogP contribution in [0.4, 0.5) is 0 Å². The maximum absolute atomic E-state index is 11.8. The van der Waals surface area contributed by atoms with E-state index in [4.69, 9.17) is 5.73 Å². The molecule has 0 atom stereocenters. The molecule has 4 nitrogen and oxygen atoms in total. The number of nitrogens with zero attached hydrogens (tertiary/aromatic N) is 1. The van der Waals surface area contributed by atoms with Crippen molar-refractivity contribution in [1.29, 1.82) is 0 Å². The minimum atomic E-state index is -0.0887. The second-order valence-electron chi connectivity index (χ2n) is 3.32. The largest absolute Gasteiger partial charge is 0.346 e. The zero-order valence-corrected chi connectivity index (χ0v) is 11.1. The number of aromatic nitrogens is 1. The normalized spacial score (nSPS) is 9.61. The smallest absolute Gasteiger partial charge is 0.261 e. The summed E-state index contributed by atoms with van der Waals surface area (Å²) in [6.45, 7) is 0.829. The summed E-state index contributed by atoms with van der Waals surface area (Å²) in [5.41, 5.74) is 7.04. The molecular formula is C12H11N3OS2. The van der Waals surface area contributed by atoms with Crippen LogP contribution in [-0.2, 0) is 6.54 Å². The van der Waals surface area contributed by atoms with E-state index in [1.54, 1.807) is 17.8 Å². The Bertz CT molecular complexity index is 578. The Morgan fingerprint density at radius 3 is 3.11 bits per heavy atom. The van der Waals surface area contributed by atoms with E-state index in [9.17, 15) is 4.79 Å². The molecule has 0 aliphatic heterocycles. The van der Waals surface area contributed by atoms with Gasteiger partial charge in [-0.2, -0.15) is 0 Å². The predicted molar refractivity (Wildman–Crippen MR) is 73.5 cm³/mol. The maximum Gasteiger partial charge on any atom is 0.261 e. The van der Waals surface area contributed by atoms with E-state index in [2.05, 4.69) is 22.1 Å². The second kappa shape index (κ2) is 6.31. The number of amides is 1. The predicted octanol–water partition coefficient (Wildman–Crippen LogP) is 1.44. The summed E-state index contributed by atoms with van der Waals surface area (Å²) in [6.07, 6.45) is 1.75. The van der Waals surface area contributed by atoms with Crippen LogP contribution in [0.5, 0.6) is 0 Å². The summed E-state index contributed by atoms with van der Waals surface area (Å²) < 4.78 is 0. The van der Waals surface area contributed by atoms with Gasteiger partial charge in [0.25, 0.3) is 5.91 Å². The van der Waals surface area contributed by atoms with Crippen LogP contribution < -0.4 is 11.1 Å². The van der Waals surface area contributed by atoms with E-state index < -0.39 is 0 Å². The summed E-state index contributed by atoms with van der Waals surface area (Å²) in [5, 5.41) is 2.84. The molecule has 0 saturated carbocycles. The number of hydrogen-bond acceptors (Lipinski definition) is 5. The van der Waals surface area contributed by atoms with Crippen molar-refractivity contribution in [2.75, 3.05) is 6.54 Å². The lowest BCUT2D eigenvalue weighted by atomic mass is 10.4. The lowest BCUT2D eigenvalue weighted by molar-refractivity contribution is 0.0955. The van der Waals surface area contributed by atoms with E-state index in [0.717, 1.165) is 9.75 Å². The molecule has 92 valence electrons. The van der Waals surface area contributed by atoms with Gasteiger partial charge in [-0.25, -0.2) is 0 Å². The summed E-state index contributed by atoms with van der Waals surface area (Å²) >= 11 is 2.88. The lowest BCUT2D eigenvalue weighted by Crippen LogP contribution is -2.21. The molecule has 0 aliphatic carbocycles. The van der Waals surface area contributed by atoms with Crippen molar-refractivity contribution in [1.82, 2.24) is 10.3 Å². The second-order valence-corrected chi connectivity index (χ2v) is 5.37. The number of rotatable bonds is 3. The van der Waals surface area contributed by atoms with Crippen LogP contribution in [0.15, 0.2) is 23.8 Å². The molecule has 2 rings (SSSR count). The highest BCUT2D eigenvalue weighted by molar-refractivity contribution is 7.14. The highest BCUT2D eigenvalue weighted by atomic mass is 32.1. The monoisotopic (exact) mass is 277 g/mol. The molecule has 0 bridgehead atoms. The first kappa shape index (κ1) is 12.8. The van der Waals surface area contributed by atoms with Crippen molar-refractivity contribution in [3.05, 3.63) is 38.5 Å². The average molecular weight is 277 g/mol. The van der Waals surface area contributed by atoms with Crippen LogP contribution in [0.3, 0.4) is 0 Å². The van der Waals surface area contributed by atoms with Gasteiger partial charge in [0.1, 0.15) is 0 Å². The van der Waals surface area contributed by atoms with Crippen molar-refractivity contribution < 1.29 is 4.79 Å². The number of nitrogens with two attached hydrogens (primary N) is 1. The number of hydrogen-bond donors (Lipinski definition) is 2. The molecule has 18 heavy (non-hydrogen) atoms. The van der Waals surface area contributed by atoms with Crippen molar-refractivity contribution in [2.45, 2.75) is 6.54 Å². The molecule has 2 aromatic rings. The summed E-state index contributed by atoms with van der Waals surface area (Å²) in [6, 6.07) is 3.60. The van der Waals surface area contributed by atoms with Crippen LogP contribution in [0, 0.1) is 11.8 Å². The van der Waals surface area contributed by atoms with Gasteiger partial charge in [-0.3, -0.25) is 9.78 Å². The fourth-order valence-electron chi connectivity index (χ4n) is 1.25. The van der Waals surface area contributed by atoms with Crippen LogP contribution in [-0.4, -0.2) is 17.4 Å². The van der Waals surface area contributed by atoms with Crippen molar-refractivity contribution >= 4 is 28.6 Å². The van der Waals surface area contributed by atoms with Crippen LogP contribution in [0.25, 0.3) is 0 Å². The Kier molecular flexibility index (Phi) is 4.47. The number of thiazole rings is 1. The molecule has 1 amide bonds. The van der Waals surface area contributed by atoms with Crippen molar-refractivity contribution in [2.24, 2.45) is 5.73 Å². The molecule has 0 aromatic carbocycles. The molecule has 0 spiro atoms. The van der Waals surface area contributed by atoms with Crippen molar-refractivity contribution in [3.8, 4) is 11.8 Å². The van der Waals surface area contributed by atoms with E-state index in [0.29, 0.717) is 18.0 Å². The first-order valence-corrected chi connectivity index (χ1v) is 6.93. The molecule has 0 fully saturated rings. The Balaban J connectivity index is 1.94. The Labute approximate surface area is 113 Å². The number of nitrogens with one attached hydrogen (secondary N) is 1. The van der Waals surface area contributed by atoms with E-state index in [-0.39, 0.29) is 5.91 Å². The molecule has 0 radical (unpaired) electrons. The fraction of sp³-hybridized carbons (Fsp3) is 0.167. The number of carbonyl (C=O) groups excluding carboxylic acids is 1. The van der Waals surface area contributed by atoms with Crippen molar-refractivity contribution in [3.63, 3.8) is 0 Å². The van der Waals surface area contributed by atoms with Gasteiger partial charge in [-0.1, -0.05) is 11.8 Å². The van der Waals surface area contributed by atoms with Gasteiger partial charge in [0.2, 0.25) is 0 Å². The van der Waals surface area contributed by atoms with Crippen LogP contribution >= 0.6 is 22.7 Å². The van der Waals surface area contributed by atoms with Gasteiger partial charge >= 0.3 is 0 Å². The zero-order chi connectivity index (χ0) is 12.8. The minimum absolute atomic E-state index is 0.0887. The Morgan fingerprint density at radius 1 is 1.50 bits per heavy atom. The Hall–Kier alpha value is -1.68. The van der Waals surface area contributed by atoms with Gasteiger partial charge in [-0.15, -0.1) is 22.7 Å². The number of carbonyl (C=O) groups is 1. The van der Waals surface area contributed by atoms with Crippen LogP contribution in [0.2, 0.25) is 0 Å². The topological polar surface area (TPSA) is 68.0 Å². The van der Waals surface area contributed by atoms with Gasteiger partial charge in [0, 0.05) is 11.1 Å². The minimum Gasteiger partial charge on any atom is -0.346 e. The first-order chi connectivity index (χ1) is 8.79. The third kappa shape index (κ3) is 3.40. The molecular weight excluding hydrogens is 266 g/mol. The van der Waals surface area contributed by atoms with Gasteiger partial charge < -0.3 is 11.1 Å². The Morgan fingerprint density at radius 2 is 2.39 bits per heavy atom. The highest BCUT2D eigenvalue weighted by Gasteiger charge is 2.08. The molecule has 0 aliphatic rings. The zero-order valence-electron chi connectivity index (χ0n) is 9.47. The van der Waals surface area contributed by atoms with Gasteiger partial charge in [0.05, 0.1) is 28.4 Å². The molecule has 0 saturated heterocycles. The lowest BCUT2D eigenvalue weighted by Gasteiger charge is -1.99. The summed E-state index contributed by atoms with van der Waals surface area (Å²) in [5.74, 6) is 5.58. The summed E-state index contributed by atoms with van der Waals surface area (Å²) in [4.78, 5) is 18.3. The third-order valence-corrected chi connectivity index (χ3v) is 3.83. The molecule has 0 unspecified atom stereocenters. The molecule has 3 N–H and O–H groups in total. The van der Waals surface area contributed by atoms with E-state index in [1.807, 2.05) is 6.07 Å². The molecule has 6 heteroatoms. The van der Waals surface area contributed by atoms with E-state index >= 15 is 0 Å². The van der Waals surface area contributed by atoms with Gasteiger partial charge in [0.15, 0.2) is 0 Å². The van der Waals surface area contributed by atoms with Crippen LogP contribution in [0.1, 0.15) is 19.4 Å². The third-order valence-electron chi connectivity index (χ3n) is 2.05.